The molecule has 1 aromatic rings. The minimum absolute atomic E-state index is 0.0222. The van der Waals surface area contributed by atoms with E-state index >= 15 is 0 Å². The van der Waals surface area contributed by atoms with Crippen molar-refractivity contribution in [3.05, 3.63) is 18.3 Å². The number of hydrogen-bond acceptors (Lipinski definition) is 4. The van der Waals surface area contributed by atoms with Gasteiger partial charge < -0.3 is 5.32 Å². The molecule has 21 heavy (non-hydrogen) atoms. The number of anilines is 1. The van der Waals surface area contributed by atoms with E-state index in [9.17, 15) is 8.42 Å². The molecule has 1 heterocycles. The van der Waals surface area contributed by atoms with Crippen molar-refractivity contribution >= 4 is 15.8 Å². The maximum atomic E-state index is 12.5. The number of aromatic nitrogens is 1. The van der Waals surface area contributed by atoms with Crippen LogP contribution >= 0.6 is 0 Å². The van der Waals surface area contributed by atoms with Gasteiger partial charge >= 0.3 is 0 Å². The molecular formula is C15H25N3O2S. The highest BCUT2D eigenvalue weighted by Crippen LogP contribution is 2.27. The van der Waals surface area contributed by atoms with Crippen molar-refractivity contribution in [1.29, 1.82) is 0 Å². The minimum atomic E-state index is -3.48. The normalized spacial score (nSPS) is 18.4. The third-order valence-electron chi connectivity index (χ3n) is 4.10. The highest BCUT2D eigenvalue weighted by atomic mass is 32.2. The molecule has 1 aliphatic carbocycles. The molecule has 1 aromatic heterocycles. The predicted octanol–water partition coefficient (Wildman–Crippen LogP) is 2.76. The van der Waals surface area contributed by atoms with E-state index in [2.05, 4.69) is 15.0 Å². The van der Waals surface area contributed by atoms with Gasteiger partial charge in [-0.2, -0.15) is 0 Å². The van der Waals surface area contributed by atoms with Gasteiger partial charge in [0.1, 0.15) is 5.82 Å². The number of hydrogen-bond donors (Lipinski definition) is 2. The first-order chi connectivity index (χ1) is 10.0. The molecule has 1 fully saturated rings. The number of pyridine rings is 1. The second-order valence-corrected chi connectivity index (χ2v) is 7.43. The molecule has 118 valence electrons. The zero-order valence-corrected chi connectivity index (χ0v) is 13.6. The summed E-state index contributed by atoms with van der Waals surface area (Å²) in [6, 6.07) is 3.10. The number of rotatable bonds is 6. The van der Waals surface area contributed by atoms with E-state index in [0.717, 1.165) is 12.8 Å². The van der Waals surface area contributed by atoms with Gasteiger partial charge in [-0.3, -0.25) is 0 Å². The average molecular weight is 311 g/mol. The van der Waals surface area contributed by atoms with Gasteiger partial charge in [-0.15, -0.1) is 0 Å². The molecule has 0 aromatic carbocycles. The van der Waals surface area contributed by atoms with Crippen molar-refractivity contribution in [2.75, 3.05) is 11.9 Å². The molecule has 0 saturated heterocycles. The molecule has 0 spiro atoms. The van der Waals surface area contributed by atoms with Crippen molar-refractivity contribution in [1.82, 2.24) is 9.71 Å². The summed E-state index contributed by atoms with van der Waals surface area (Å²) < 4.78 is 27.8. The standard InChI is InChI=1S/C15H25N3O2S/c1-3-16-15-11-14(9-10-17-15)21(19,20)18-12(2)13-7-5-4-6-8-13/h9-13,18H,3-8H2,1-2H3,(H,16,17). The lowest BCUT2D eigenvalue weighted by atomic mass is 9.85. The van der Waals surface area contributed by atoms with E-state index in [1.807, 2.05) is 13.8 Å². The summed E-state index contributed by atoms with van der Waals surface area (Å²) in [6.45, 7) is 4.63. The highest BCUT2D eigenvalue weighted by molar-refractivity contribution is 7.89. The topological polar surface area (TPSA) is 71.1 Å². The summed E-state index contributed by atoms with van der Waals surface area (Å²) in [7, 11) is -3.48. The van der Waals surface area contributed by atoms with Crippen LogP contribution < -0.4 is 10.0 Å². The lowest BCUT2D eigenvalue weighted by Crippen LogP contribution is -2.38. The lowest BCUT2D eigenvalue weighted by Gasteiger charge is -2.28. The molecule has 0 aliphatic heterocycles. The smallest absolute Gasteiger partial charge is 0.241 e. The Morgan fingerprint density at radius 1 is 1.33 bits per heavy atom. The van der Waals surface area contributed by atoms with Crippen LogP contribution in [-0.4, -0.2) is 26.0 Å². The maximum absolute atomic E-state index is 12.5. The third-order valence-corrected chi connectivity index (χ3v) is 5.65. The molecule has 1 unspecified atom stereocenters. The third kappa shape index (κ3) is 4.41. The van der Waals surface area contributed by atoms with Gasteiger partial charge in [-0.1, -0.05) is 19.3 Å². The van der Waals surface area contributed by atoms with Crippen molar-refractivity contribution in [2.24, 2.45) is 5.92 Å². The Kier molecular flexibility index (Phi) is 5.58. The van der Waals surface area contributed by atoms with Crippen LogP contribution in [0.1, 0.15) is 46.0 Å². The Bertz CT molecular complexity index is 554. The van der Waals surface area contributed by atoms with E-state index in [1.165, 1.54) is 31.5 Å². The van der Waals surface area contributed by atoms with Crippen LogP contribution in [0.25, 0.3) is 0 Å². The number of nitrogens with one attached hydrogen (secondary N) is 2. The Balaban J connectivity index is 2.08. The number of sulfonamides is 1. The fourth-order valence-electron chi connectivity index (χ4n) is 2.90. The summed E-state index contributed by atoms with van der Waals surface area (Å²) in [5.41, 5.74) is 0. The summed E-state index contributed by atoms with van der Waals surface area (Å²) in [6.07, 6.45) is 7.43. The zero-order chi connectivity index (χ0) is 15.3. The Hall–Kier alpha value is -1.14. The van der Waals surface area contributed by atoms with Crippen LogP contribution in [0.2, 0.25) is 0 Å². The Morgan fingerprint density at radius 3 is 2.71 bits per heavy atom. The lowest BCUT2D eigenvalue weighted by molar-refractivity contribution is 0.303. The molecule has 0 bridgehead atoms. The second kappa shape index (κ2) is 7.22. The van der Waals surface area contributed by atoms with E-state index in [0.29, 0.717) is 18.3 Å². The van der Waals surface area contributed by atoms with Crippen molar-refractivity contribution < 1.29 is 8.42 Å². The molecule has 1 saturated carbocycles. The van der Waals surface area contributed by atoms with E-state index in [-0.39, 0.29) is 10.9 Å². The molecule has 5 nitrogen and oxygen atoms in total. The Morgan fingerprint density at radius 2 is 2.05 bits per heavy atom. The van der Waals surface area contributed by atoms with Crippen LogP contribution in [0, 0.1) is 5.92 Å². The van der Waals surface area contributed by atoms with Crippen molar-refractivity contribution in [3.8, 4) is 0 Å². The summed E-state index contributed by atoms with van der Waals surface area (Å²) in [5, 5.41) is 3.03. The second-order valence-electron chi connectivity index (χ2n) is 5.72. The monoisotopic (exact) mass is 311 g/mol. The summed E-state index contributed by atoms with van der Waals surface area (Å²) in [4.78, 5) is 4.38. The van der Waals surface area contributed by atoms with Crippen molar-refractivity contribution in [3.63, 3.8) is 0 Å². The molecule has 2 rings (SSSR count). The SMILES string of the molecule is CCNc1cc(S(=O)(=O)NC(C)C2CCCCC2)ccn1. The van der Waals surface area contributed by atoms with Crippen LogP contribution in [-0.2, 0) is 10.0 Å². The molecular weight excluding hydrogens is 286 g/mol. The quantitative estimate of drug-likeness (QED) is 0.847. The van der Waals surface area contributed by atoms with E-state index in [1.54, 1.807) is 6.07 Å². The fourth-order valence-corrected chi connectivity index (χ4v) is 4.22. The van der Waals surface area contributed by atoms with Crippen LogP contribution in [0.4, 0.5) is 5.82 Å². The van der Waals surface area contributed by atoms with E-state index in [4.69, 9.17) is 0 Å². The van der Waals surface area contributed by atoms with Gasteiger partial charge in [0, 0.05) is 24.8 Å². The number of nitrogens with zero attached hydrogens (tertiary/aromatic N) is 1. The summed E-state index contributed by atoms with van der Waals surface area (Å²) >= 11 is 0. The van der Waals surface area contributed by atoms with Crippen molar-refractivity contribution in [2.45, 2.75) is 56.9 Å². The van der Waals surface area contributed by atoms with Crippen LogP contribution in [0.15, 0.2) is 23.2 Å². The first kappa shape index (κ1) is 16.2. The highest BCUT2D eigenvalue weighted by Gasteiger charge is 2.25. The van der Waals surface area contributed by atoms with Gasteiger partial charge in [-0.05, 0) is 38.7 Å². The summed E-state index contributed by atoms with van der Waals surface area (Å²) in [5.74, 6) is 1.04. The largest absolute Gasteiger partial charge is 0.370 e. The van der Waals surface area contributed by atoms with Gasteiger partial charge in [-0.25, -0.2) is 18.1 Å². The molecule has 0 radical (unpaired) electrons. The fraction of sp³-hybridized carbons (Fsp3) is 0.667. The first-order valence-electron chi connectivity index (χ1n) is 7.75. The van der Waals surface area contributed by atoms with E-state index < -0.39 is 10.0 Å². The minimum Gasteiger partial charge on any atom is -0.370 e. The van der Waals surface area contributed by atoms with Gasteiger partial charge in [0.15, 0.2) is 0 Å². The molecule has 2 N–H and O–H groups in total. The van der Waals surface area contributed by atoms with Gasteiger partial charge in [0.05, 0.1) is 4.90 Å². The maximum Gasteiger partial charge on any atom is 0.241 e. The van der Waals surface area contributed by atoms with Crippen LogP contribution in [0.3, 0.4) is 0 Å². The Labute approximate surface area is 127 Å². The van der Waals surface area contributed by atoms with Crippen LogP contribution in [0.5, 0.6) is 0 Å². The molecule has 6 heteroatoms. The van der Waals surface area contributed by atoms with Gasteiger partial charge in [0.2, 0.25) is 10.0 Å². The predicted molar refractivity (Wildman–Crippen MR) is 84.8 cm³/mol. The molecule has 1 aliphatic rings. The first-order valence-corrected chi connectivity index (χ1v) is 9.23. The van der Waals surface area contributed by atoms with Gasteiger partial charge in [0.25, 0.3) is 0 Å². The molecule has 1 atom stereocenters. The zero-order valence-electron chi connectivity index (χ0n) is 12.8. The average Bonchev–Trinajstić information content (AvgIpc) is 2.48. The molecule has 0 amide bonds.